The van der Waals surface area contributed by atoms with Gasteiger partial charge in [-0.15, -0.1) is 0 Å². The lowest BCUT2D eigenvalue weighted by Gasteiger charge is -2.28. The average Bonchev–Trinajstić information content (AvgIpc) is 2.44. The van der Waals surface area contributed by atoms with Crippen molar-refractivity contribution in [3.05, 3.63) is 47.2 Å². The Kier molecular flexibility index (Phi) is 5.08. The molecule has 4 nitrogen and oxygen atoms in total. The first-order chi connectivity index (χ1) is 10.4. The largest absolute Gasteiger partial charge is 0.511 e. The number of aliphatic hydroxyl groups excluding tert-OH is 1. The van der Waals surface area contributed by atoms with Crippen LogP contribution in [0.4, 0.5) is 0 Å². The molecule has 0 spiro atoms. The van der Waals surface area contributed by atoms with Gasteiger partial charge in [-0.25, -0.2) is 4.99 Å². The zero-order chi connectivity index (χ0) is 16.2. The van der Waals surface area contributed by atoms with Crippen molar-refractivity contribution in [2.45, 2.75) is 33.2 Å². The van der Waals surface area contributed by atoms with Gasteiger partial charge in [0.1, 0.15) is 5.76 Å². The van der Waals surface area contributed by atoms with Crippen LogP contribution in [0.25, 0.3) is 0 Å². The third kappa shape index (κ3) is 4.49. The maximum absolute atomic E-state index is 12.0. The van der Waals surface area contributed by atoms with E-state index >= 15 is 0 Å². The summed E-state index contributed by atoms with van der Waals surface area (Å²) in [5.41, 5.74) is 1.16. The van der Waals surface area contributed by atoms with Crippen LogP contribution in [0, 0.1) is 5.41 Å². The molecule has 1 aliphatic carbocycles. The number of allylic oxidation sites excluding steroid dienone is 2. The van der Waals surface area contributed by atoms with Gasteiger partial charge in [0.2, 0.25) is 0 Å². The highest BCUT2D eigenvalue weighted by Crippen LogP contribution is 2.35. The van der Waals surface area contributed by atoms with E-state index in [1.54, 1.807) is 0 Å². The summed E-state index contributed by atoms with van der Waals surface area (Å²) >= 11 is 5.12. The van der Waals surface area contributed by atoms with E-state index in [4.69, 9.17) is 12.2 Å². The lowest BCUT2D eigenvalue weighted by molar-refractivity contribution is -0.117. The molecule has 5 heteroatoms. The number of aliphatic hydroxyl groups is 1. The molecule has 0 atom stereocenters. The minimum atomic E-state index is -0.204. The second-order valence-electron chi connectivity index (χ2n) is 6.20. The molecule has 0 aliphatic heterocycles. The molecule has 2 N–H and O–H groups in total. The number of ketones is 1. The Morgan fingerprint density at radius 1 is 1.36 bits per heavy atom. The van der Waals surface area contributed by atoms with Crippen molar-refractivity contribution in [2.24, 2.45) is 10.4 Å². The highest BCUT2D eigenvalue weighted by Gasteiger charge is 2.32. The maximum atomic E-state index is 12.0. The first-order valence-corrected chi connectivity index (χ1v) is 7.59. The summed E-state index contributed by atoms with van der Waals surface area (Å²) in [4.78, 5) is 16.1. The van der Waals surface area contributed by atoms with Crippen LogP contribution in [0.1, 0.15) is 32.3 Å². The molecule has 0 saturated heterocycles. The van der Waals surface area contributed by atoms with Crippen molar-refractivity contribution in [1.82, 2.24) is 5.32 Å². The minimum absolute atomic E-state index is 0.0934. The smallest absolute Gasteiger partial charge is 0.192 e. The first-order valence-electron chi connectivity index (χ1n) is 7.18. The van der Waals surface area contributed by atoms with Gasteiger partial charge in [-0.3, -0.25) is 4.79 Å². The number of carbonyl (C=O) groups excluding carboxylic acids is 1. The Hall–Kier alpha value is -2.01. The van der Waals surface area contributed by atoms with Gasteiger partial charge >= 0.3 is 0 Å². The van der Waals surface area contributed by atoms with Crippen molar-refractivity contribution in [3.8, 4) is 0 Å². The molecule has 1 aromatic carbocycles. The van der Waals surface area contributed by atoms with Crippen LogP contribution >= 0.6 is 12.2 Å². The molecular formula is C17H20N2O2S. The summed E-state index contributed by atoms with van der Waals surface area (Å²) in [6.45, 7) is 4.49. The number of nitrogens with one attached hydrogen (secondary N) is 1. The van der Waals surface area contributed by atoms with E-state index in [2.05, 4.69) is 10.3 Å². The fraction of sp³-hybridized carbons (Fsp3) is 0.353. The lowest BCUT2D eigenvalue weighted by atomic mass is 9.77. The number of Topliss-reactive ketones (excluding diaryl/α,β-unsaturated/α-hetero) is 1. The Bertz CT molecular complexity index is 633. The monoisotopic (exact) mass is 316 g/mol. The molecule has 0 unspecified atom stereocenters. The normalized spacial score (nSPS) is 17.8. The number of thiocarbonyl (C=S) groups is 1. The van der Waals surface area contributed by atoms with Crippen LogP contribution in [0.2, 0.25) is 0 Å². The predicted octanol–water partition coefficient (Wildman–Crippen LogP) is 3.33. The van der Waals surface area contributed by atoms with Crippen LogP contribution in [0.15, 0.2) is 46.7 Å². The summed E-state index contributed by atoms with van der Waals surface area (Å²) in [6.07, 6.45) is 2.25. The lowest BCUT2D eigenvalue weighted by Crippen LogP contribution is -2.27. The van der Waals surface area contributed by atoms with Gasteiger partial charge in [-0.2, -0.15) is 0 Å². The number of nitrogens with zero attached hydrogens (tertiary/aromatic N) is 1. The molecule has 1 aromatic rings. The van der Waals surface area contributed by atoms with Crippen molar-refractivity contribution < 1.29 is 9.90 Å². The second-order valence-corrected chi connectivity index (χ2v) is 6.59. The number of carbonyl (C=O) groups is 1. The molecule has 1 aliphatic rings. The van der Waals surface area contributed by atoms with E-state index in [-0.39, 0.29) is 22.5 Å². The summed E-state index contributed by atoms with van der Waals surface area (Å²) in [5.74, 6) is -0.000723. The van der Waals surface area contributed by atoms with Gasteiger partial charge in [-0.1, -0.05) is 44.2 Å². The van der Waals surface area contributed by atoms with Crippen LogP contribution < -0.4 is 5.32 Å². The highest BCUT2D eigenvalue weighted by molar-refractivity contribution is 7.80. The summed E-state index contributed by atoms with van der Waals surface area (Å²) < 4.78 is 0. The van der Waals surface area contributed by atoms with E-state index < -0.39 is 0 Å². The molecule has 0 bridgehead atoms. The summed E-state index contributed by atoms with van der Waals surface area (Å²) in [7, 11) is 0. The van der Waals surface area contributed by atoms with Gasteiger partial charge in [0, 0.05) is 25.6 Å². The van der Waals surface area contributed by atoms with Crippen molar-refractivity contribution in [2.75, 3.05) is 0 Å². The van der Waals surface area contributed by atoms with Crippen molar-refractivity contribution in [3.63, 3.8) is 0 Å². The Morgan fingerprint density at radius 3 is 2.68 bits per heavy atom. The number of aliphatic imine (C=N–C) groups is 1. The predicted molar refractivity (Wildman–Crippen MR) is 92.0 cm³/mol. The van der Waals surface area contributed by atoms with Gasteiger partial charge in [0.05, 0.1) is 5.57 Å². The third-order valence-electron chi connectivity index (χ3n) is 3.49. The minimum Gasteiger partial charge on any atom is -0.511 e. The van der Waals surface area contributed by atoms with Gasteiger partial charge in [0.25, 0.3) is 0 Å². The fourth-order valence-corrected chi connectivity index (χ4v) is 2.52. The van der Waals surface area contributed by atoms with E-state index in [0.29, 0.717) is 24.5 Å². The molecule has 0 amide bonds. The number of hydrogen-bond donors (Lipinski definition) is 2. The van der Waals surface area contributed by atoms with Gasteiger partial charge in [-0.05, 0) is 23.2 Å². The number of hydrogen-bond acceptors (Lipinski definition) is 3. The van der Waals surface area contributed by atoms with E-state index in [1.807, 2.05) is 44.2 Å². The quantitative estimate of drug-likeness (QED) is 0.663. The maximum Gasteiger partial charge on any atom is 0.192 e. The number of benzene rings is 1. The second kappa shape index (κ2) is 6.83. The average molecular weight is 316 g/mol. The molecule has 0 aromatic heterocycles. The van der Waals surface area contributed by atoms with Crippen LogP contribution in [0.5, 0.6) is 0 Å². The molecule has 0 saturated carbocycles. The van der Waals surface area contributed by atoms with Crippen molar-refractivity contribution in [1.29, 1.82) is 0 Å². The van der Waals surface area contributed by atoms with E-state index in [0.717, 1.165) is 5.56 Å². The standard InChI is InChI=1S/C17H20N2O2S/c1-17(2)8-14(20)13(15(21)9-17)11-19-16(22)18-10-12-6-4-3-5-7-12/h3-7,11,20H,8-10H2,1-2H3,(H,18,22). The topological polar surface area (TPSA) is 61.7 Å². The SMILES string of the molecule is CC1(C)CC(=O)C(C=NC(=S)NCc2ccccc2)=C(O)C1. The zero-order valence-electron chi connectivity index (χ0n) is 12.8. The Morgan fingerprint density at radius 2 is 2.05 bits per heavy atom. The van der Waals surface area contributed by atoms with Crippen molar-refractivity contribution >= 4 is 29.3 Å². The molecule has 116 valence electrons. The summed E-state index contributed by atoms with van der Waals surface area (Å²) in [6, 6.07) is 9.83. The Balaban J connectivity index is 1.96. The molecule has 2 rings (SSSR count). The van der Waals surface area contributed by atoms with E-state index in [1.165, 1.54) is 6.21 Å². The molecular weight excluding hydrogens is 296 g/mol. The van der Waals surface area contributed by atoms with Crippen LogP contribution in [-0.2, 0) is 11.3 Å². The number of rotatable bonds is 3. The van der Waals surface area contributed by atoms with Gasteiger partial charge in [0.15, 0.2) is 10.9 Å². The summed E-state index contributed by atoms with van der Waals surface area (Å²) in [5, 5.41) is 13.3. The molecule has 0 heterocycles. The first kappa shape index (κ1) is 16.4. The fourth-order valence-electron chi connectivity index (χ4n) is 2.39. The highest BCUT2D eigenvalue weighted by atomic mass is 32.1. The van der Waals surface area contributed by atoms with Crippen LogP contribution in [0.3, 0.4) is 0 Å². The third-order valence-corrected chi connectivity index (χ3v) is 3.74. The molecule has 0 radical (unpaired) electrons. The zero-order valence-corrected chi connectivity index (χ0v) is 13.6. The van der Waals surface area contributed by atoms with Crippen LogP contribution in [-0.4, -0.2) is 22.2 Å². The molecule has 0 fully saturated rings. The molecule has 22 heavy (non-hydrogen) atoms. The Labute approximate surface area is 136 Å². The van der Waals surface area contributed by atoms with Gasteiger partial charge < -0.3 is 10.4 Å². The van der Waals surface area contributed by atoms with E-state index in [9.17, 15) is 9.90 Å².